The molecule has 1 aromatic rings. The molecule has 0 aliphatic heterocycles. The van der Waals surface area contributed by atoms with E-state index in [1.165, 1.54) is 0 Å². The molecule has 2 atom stereocenters. The molecule has 0 aliphatic carbocycles. The summed E-state index contributed by atoms with van der Waals surface area (Å²) in [6.45, 7) is 3.42. The zero-order valence-electron chi connectivity index (χ0n) is 9.14. The molecule has 0 radical (unpaired) electrons. The molecule has 15 heavy (non-hydrogen) atoms. The average Bonchev–Trinajstić information content (AvgIpc) is 2.19. The molecule has 0 saturated carbocycles. The molecule has 0 fully saturated rings. The minimum absolute atomic E-state index is 0.277. The lowest BCUT2D eigenvalue weighted by molar-refractivity contribution is 0.0265. The van der Waals surface area contributed by atoms with Crippen LogP contribution in [0.5, 0.6) is 5.75 Å². The van der Waals surface area contributed by atoms with Crippen LogP contribution in [0.25, 0.3) is 0 Å². The van der Waals surface area contributed by atoms with E-state index in [4.69, 9.17) is 5.11 Å². The largest absolute Gasteiger partial charge is 0.508 e. The van der Waals surface area contributed by atoms with Crippen LogP contribution >= 0.6 is 0 Å². The summed E-state index contributed by atoms with van der Waals surface area (Å²) in [6.07, 6.45) is -0.247. The van der Waals surface area contributed by atoms with Crippen LogP contribution in [0.1, 0.15) is 24.5 Å². The third-order valence-electron chi connectivity index (χ3n) is 2.68. The van der Waals surface area contributed by atoms with Crippen LogP contribution in [0.4, 0.5) is 0 Å². The van der Waals surface area contributed by atoms with Crippen LogP contribution in [0.2, 0.25) is 0 Å². The summed E-state index contributed by atoms with van der Waals surface area (Å²) < 4.78 is 0. The van der Waals surface area contributed by atoms with Crippen molar-refractivity contribution in [2.45, 2.75) is 38.9 Å². The Labute approximate surface area is 90.0 Å². The van der Waals surface area contributed by atoms with Crippen LogP contribution in [-0.2, 0) is 6.42 Å². The SMILES string of the molecule is Cc1c(O)cccc1CC[C@@H](O)[C@@H](C)O. The van der Waals surface area contributed by atoms with E-state index in [9.17, 15) is 10.2 Å². The van der Waals surface area contributed by atoms with Gasteiger partial charge in [-0.2, -0.15) is 0 Å². The number of rotatable bonds is 4. The number of hydrogen-bond donors (Lipinski definition) is 3. The Kier molecular flexibility index (Phi) is 4.12. The van der Waals surface area contributed by atoms with E-state index in [1.807, 2.05) is 13.0 Å². The highest BCUT2D eigenvalue weighted by atomic mass is 16.3. The minimum Gasteiger partial charge on any atom is -0.508 e. The molecule has 3 nitrogen and oxygen atoms in total. The number of aliphatic hydroxyl groups excluding tert-OH is 2. The third kappa shape index (κ3) is 3.22. The molecule has 3 heteroatoms. The molecule has 3 N–H and O–H groups in total. The van der Waals surface area contributed by atoms with Gasteiger partial charge in [-0.15, -0.1) is 0 Å². The fourth-order valence-corrected chi connectivity index (χ4v) is 1.49. The summed E-state index contributed by atoms with van der Waals surface area (Å²) in [4.78, 5) is 0. The predicted molar refractivity (Wildman–Crippen MR) is 58.9 cm³/mol. The van der Waals surface area contributed by atoms with Crippen LogP contribution < -0.4 is 0 Å². The fraction of sp³-hybridized carbons (Fsp3) is 0.500. The highest BCUT2D eigenvalue weighted by Crippen LogP contribution is 2.21. The molecule has 0 bridgehead atoms. The normalized spacial score (nSPS) is 14.9. The topological polar surface area (TPSA) is 60.7 Å². The van der Waals surface area contributed by atoms with Gasteiger partial charge in [0.2, 0.25) is 0 Å². The summed E-state index contributed by atoms with van der Waals surface area (Å²) in [7, 11) is 0. The molecule has 0 saturated heterocycles. The van der Waals surface area contributed by atoms with Crippen LogP contribution in [0, 0.1) is 6.92 Å². The van der Waals surface area contributed by atoms with Crippen molar-refractivity contribution in [1.29, 1.82) is 0 Å². The lowest BCUT2D eigenvalue weighted by Gasteiger charge is -2.14. The van der Waals surface area contributed by atoms with Gasteiger partial charge in [0, 0.05) is 0 Å². The van der Waals surface area contributed by atoms with Crippen molar-refractivity contribution in [2.24, 2.45) is 0 Å². The highest BCUT2D eigenvalue weighted by Gasteiger charge is 2.11. The number of phenols is 1. The standard InChI is InChI=1S/C12H18O3/c1-8-10(4-3-5-11(8)14)6-7-12(15)9(2)13/h3-5,9,12-15H,6-7H2,1-2H3/t9-,12-/m1/s1. The van der Waals surface area contributed by atoms with Crippen molar-refractivity contribution in [3.05, 3.63) is 29.3 Å². The second kappa shape index (κ2) is 5.14. The van der Waals surface area contributed by atoms with Gasteiger partial charge in [0.25, 0.3) is 0 Å². The van der Waals surface area contributed by atoms with Gasteiger partial charge < -0.3 is 15.3 Å². The van der Waals surface area contributed by atoms with Crippen LogP contribution in [0.15, 0.2) is 18.2 Å². The van der Waals surface area contributed by atoms with Gasteiger partial charge in [0.05, 0.1) is 12.2 Å². The zero-order chi connectivity index (χ0) is 11.4. The Balaban J connectivity index is 2.62. The molecule has 0 aliphatic rings. The lowest BCUT2D eigenvalue weighted by atomic mass is 10.00. The van der Waals surface area contributed by atoms with Crippen molar-refractivity contribution in [2.75, 3.05) is 0 Å². The van der Waals surface area contributed by atoms with Gasteiger partial charge in [-0.05, 0) is 43.9 Å². The first-order valence-corrected chi connectivity index (χ1v) is 5.16. The van der Waals surface area contributed by atoms with Gasteiger partial charge in [-0.3, -0.25) is 0 Å². The number of phenolic OH excluding ortho intramolecular Hbond substituents is 1. The third-order valence-corrected chi connectivity index (χ3v) is 2.68. The number of hydrogen-bond acceptors (Lipinski definition) is 3. The minimum atomic E-state index is -0.706. The second-order valence-corrected chi connectivity index (χ2v) is 3.91. The summed E-state index contributed by atoms with van der Waals surface area (Å²) in [5, 5.41) is 28.0. The van der Waals surface area contributed by atoms with Crippen LogP contribution in [-0.4, -0.2) is 27.5 Å². The predicted octanol–water partition coefficient (Wildman–Crippen LogP) is 1.37. The Morgan fingerprint density at radius 3 is 2.53 bits per heavy atom. The Morgan fingerprint density at radius 2 is 1.93 bits per heavy atom. The summed E-state index contributed by atoms with van der Waals surface area (Å²) in [5.74, 6) is 0.277. The molecule has 0 aromatic heterocycles. The lowest BCUT2D eigenvalue weighted by Crippen LogP contribution is -2.22. The number of aromatic hydroxyl groups is 1. The maximum Gasteiger partial charge on any atom is 0.118 e. The molecule has 0 spiro atoms. The number of aryl methyl sites for hydroxylation is 1. The molecular formula is C12H18O3. The van der Waals surface area contributed by atoms with Gasteiger partial charge >= 0.3 is 0 Å². The monoisotopic (exact) mass is 210 g/mol. The van der Waals surface area contributed by atoms with Crippen molar-refractivity contribution < 1.29 is 15.3 Å². The molecule has 0 amide bonds. The van der Waals surface area contributed by atoms with Gasteiger partial charge in [0.1, 0.15) is 5.75 Å². The van der Waals surface area contributed by atoms with E-state index in [0.29, 0.717) is 12.8 Å². The van der Waals surface area contributed by atoms with Gasteiger partial charge in [-0.25, -0.2) is 0 Å². The first-order chi connectivity index (χ1) is 7.02. The first kappa shape index (κ1) is 12.0. The quantitative estimate of drug-likeness (QED) is 0.703. The van der Waals surface area contributed by atoms with Crippen molar-refractivity contribution in [1.82, 2.24) is 0 Å². The van der Waals surface area contributed by atoms with E-state index in [2.05, 4.69) is 0 Å². The Morgan fingerprint density at radius 1 is 1.27 bits per heavy atom. The van der Waals surface area contributed by atoms with Crippen molar-refractivity contribution >= 4 is 0 Å². The van der Waals surface area contributed by atoms with E-state index in [-0.39, 0.29) is 5.75 Å². The Bertz CT molecular complexity index is 321. The van der Waals surface area contributed by atoms with E-state index in [0.717, 1.165) is 11.1 Å². The van der Waals surface area contributed by atoms with Gasteiger partial charge in [0.15, 0.2) is 0 Å². The van der Waals surface area contributed by atoms with Crippen LogP contribution in [0.3, 0.4) is 0 Å². The highest BCUT2D eigenvalue weighted by molar-refractivity contribution is 5.37. The van der Waals surface area contributed by atoms with E-state index in [1.54, 1.807) is 19.1 Å². The number of aliphatic hydroxyl groups is 2. The first-order valence-electron chi connectivity index (χ1n) is 5.16. The maximum atomic E-state index is 9.46. The smallest absolute Gasteiger partial charge is 0.118 e. The maximum absolute atomic E-state index is 9.46. The molecule has 1 rings (SSSR count). The second-order valence-electron chi connectivity index (χ2n) is 3.91. The molecule has 0 heterocycles. The number of benzene rings is 1. The molecular weight excluding hydrogens is 192 g/mol. The fourth-order valence-electron chi connectivity index (χ4n) is 1.49. The molecule has 0 unspecified atom stereocenters. The van der Waals surface area contributed by atoms with E-state index < -0.39 is 12.2 Å². The molecule has 84 valence electrons. The zero-order valence-corrected chi connectivity index (χ0v) is 9.14. The molecule has 1 aromatic carbocycles. The van der Waals surface area contributed by atoms with Crippen molar-refractivity contribution in [3.8, 4) is 5.75 Å². The summed E-state index contributed by atoms with van der Waals surface area (Å²) in [6, 6.07) is 5.35. The summed E-state index contributed by atoms with van der Waals surface area (Å²) in [5.41, 5.74) is 1.85. The van der Waals surface area contributed by atoms with Gasteiger partial charge in [-0.1, -0.05) is 12.1 Å². The van der Waals surface area contributed by atoms with Crippen molar-refractivity contribution in [3.63, 3.8) is 0 Å². The summed E-state index contributed by atoms with van der Waals surface area (Å²) >= 11 is 0. The Hall–Kier alpha value is -1.06. The van der Waals surface area contributed by atoms with E-state index >= 15 is 0 Å². The average molecular weight is 210 g/mol.